The van der Waals surface area contributed by atoms with Crippen molar-refractivity contribution >= 4 is 6.21 Å². The second kappa shape index (κ2) is 6.66. The second-order valence-electron chi connectivity index (χ2n) is 4.63. The van der Waals surface area contributed by atoms with E-state index in [2.05, 4.69) is 35.4 Å². The molecule has 4 nitrogen and oxygen atoms in total. The van der Waals surface area contributed by atoms with Gasteiger partial charge in [-0.25, -0.2) is 0 Å². The summed E-state index contributed by atoms with van der Waals surface area (Å²) in [5.74, 6) is 0.509. The first-order chi connectivity index (χ1) is 7.59. The Bertz CT molecular complexity index is 258. The van der Waals surface area contributed by atoms with Gasteiger partial charge in [0.15, 0.2) is 0 Å². The molecule has 2 unspecified atom stereocenters. The molecule has 92 valence electrons. The van der Waals surface area contributed by atoms with Crippen LogP contribution in [0.15, 0.2) is 16.9 Å². The number of allylic oxidation sites excluding steroid dienone is 1. The van der Waals surface area contributed by atoms with Crippen LogP contribution in [-0.2, 0) is 0 Å². The highest BCUT2D eigenvalue weighted by molar-refractivity contribution is 5.59. The van der Waals surface area contributed by atoms with E-state index in [1.807, 2.05) is 13.1 Å². The van der Waals surface area contributed by atoms with Crippen LogP contribution < -0.4 is 11.1 Å². The van der Waals surface area contributed by atoms with Crippen LogP contribution in [0.5, 0.6) is 0 Å². The molecule has 0 aliphatic carbocycles. The lowest BCUT2D eigenvalue weighted by atomic mass is 10.1. The lowest BCUT2D eigenvalue weighted by Gasteiger charge is -2.17. The van der Waals surface area contributed by atoms with Crippen molar-refractivity contribution in [3.8, 4) is 0 Å². The normalized spacial score (nSPS) is 20.2. The third-order valence-corrected chi connectivity index (χ3v) is 2.56. The van der Waals surface area contributed by atoms with Crippen LogP contribution >= 0.6 is 0 Å². The van der Waals surface area contributed by atoms with Crippen molar-refractivity contribution in [1.29, 1.82) is 0 Å². The van der Waals surface area contributed by atoms with Crippen LogP contribution in [0.4, 0.5) is 0 Å². The molecule has 2 atom stereocenters. The van der Waals surface area contributed by atoms with Crippen LogP contribution in [-0.4, -0.2) is 36.9 Å². The zero-order valence-electron chi connectivity index (χ0n) is 10.6. The van der Waals surface area contributed by atoms with Gasteiger partial charge in [-0.15, -0.1) is 0 Å². The van der Waals surface area contributed by atoms with Crippen molar-refractivity contribution in [2.24, 2.45) is 16.8 Å². The van der Waals surface area contributed by atoms with E-state index < -0.39 is 0 Å². The molecule has 0 saturated heterocycles. The minimum atomic E-state index is 0.223. The van der Waals surface area contributed by atoms with E-state index >= 15 is 0 Å². The molecule has 16 heavy (non-hydrogen) atoms. The lowest BCUT2D eigenvalue weighted by molar-refractivity contribution is 0.396. The fraction of sp³-hybridized carbons (Fsp3) is 0.750. The Labute approximate surface area is 98.6 Å². The van der Waals surface area contributed by atoms with E-state index in [1.165, 1.54) is 5.70 Å². The highest BCUT2D eigenvalue weighted by Crippen LogP contribution is 2.11. The maximum Gasteiger partial charge on any atom is 0.0461 e. The minimum absolute atomic E-state index is 0.223. The van der Waals surface area contributed by atoms with Gasteiger partial charge in [0, 0.05) is 44.0 Å². The van der Waals surface area contributed by atoms with Gasteiger partial charge in [-0.2, -0.15) is 5.10 Å². The summed E-state index contributed by atoms with van der Waals surface area (Å²) in [6.07, 6.45) is 5.29. The molecule has 1 aliphatic rings. The first kappa shape index (κ1) is 13.2. The second-order valence-corrected chi connectivity index (χ2v) is 4.63. The number of nitrogens with zero attached hydrogens (tertiary/aromatic N) is 2. The summed E-state index contributed by atoms with van der Waals surface area (Å²) in [4.78, 5) is 0. The third kappa shape index (κ3) is 4.77. The fourth-order valence-electron chi connectivity index (χ4n) is 1.76. The Balaban J connectivity index is 2.28. The van der Waals surface area contributed by atoms with Crippen molar-refractivity contribution in [2.45, 2.75) is 33.2 Å². The zero-order chi connectivity index (χ0) is 12.0. The first-order valence-corrected chi connectivity index (χ1v) is 6.04. The smallest absolute Gasteiger partial charge is 0.0461 e. The Morgan fingerprint density at radius 2 is 2.31 bits per heavy atom. The summed E-state index contributed by atoms with van der Waals surface area (Å²) in [7, 11) is 0. The average Bonchev–Trinajstić information content (AvgIpc) is 2.69. The van der Waals surface area contributed by atoms with Crippen molar-refractivity contribution in [1.82, 2.24) is 10.3 Å². The highest BCUT2D eigenvalue weighted by atomic mass is 15.5. The van der Waals surface area contributed by atoms with Gasteiger partial charge in [0.2, 0.25) is 0 Å². The molecular weight excluding hydrogens is 200 g/mol. The van der Waals surface area contributed by atoms with Gasteiger partial charge >= 0.3 is 0 Å². The number of hydrogen-bond donors (Lipinski definition) is 2. The maximum atomic E-state index is 5.67. The van der Waals surface area contributed by atoms with Crippen molar-refractivity contribution in [2.75, 3.05) is 19.6 Å². The van der Waals surface area contributed by atoms with Gasteiger partial charge in [0.1, 0.15) is 0 Å². The van der Waals surface area contributed by atoms with Crippen LogP contribution in [0.1, 0.15) is 27.2 Å². The Hall–Kier alpha value is -0.870. The topological polar surface area (TPSA) is 53.6 Å². The monoisotopic (exact) mass is 224 g/mol. The molecule has 1 aliphatic heterocycles. The van der Waals surface area contributed by atoms with Gasteiger partial charge < -0.3 is 11.1 Å². The van der Waals surface area contributed by atoms with Gasteiger partial charge in [-0.1, -0.05) is 13.0 Å². The van der Waals surface area contributed by atoms with E-state index in [-0.39, 0.29) is 6.04 Å². The quantitative estimate of drug-likeness (QED) is 0.712. The van der Waals surface area contributed by atoms with E-state index in [9.17, 15) is 0 Å². The van der Waals surface area contributed by atoms with E-state index in [0.717, 1.165) is 26.1 Å². The number of hydrazone groups is 1. The third-order valence-electron chi connectivity index (χ3n) is 2.56. The number of nitrogens with one attached hydrogen (secondary N) is 1. The summed E-state index contributed by atoms with van der Waals surface area (Å²) in [5.41, 5.74) is 6.91. The molecule has 0 aromatic heterocycles. The first-order valence-electron chi connectivity index (χ1n) is 6.04. The highest BCUT2D eigenvalue weighted by Gasteiger charge is 2.08. The molecule has 4 heteroatoms. The number of nitrogens with two attached hydrogens (primary N) is 1. The molecule has 1 rings (SSSR count). The Kier molecular flexibility index (Phi) is 5.49. The van der Waals surface area contributed by atoms with E-state index in [0.29, 0.717) is 5.92 Å². The number of rotatable bonds is 6. The van der Waals surface area contributed by atoms with Gasteiger partial charge in [-0.05, 0) is 19.8 Å². The molecule has 1 heterocycles. The molecule has 0 amide bonds. The standard InChI is InChI=1S/C12H24N4/c1-10(8-14-9-11(2)13)7-12(3)16-6-4-5-15-16/h5,7,10-11,14H,4,6,8-9,13H2,1-3H3/b12-7+. The Morgan fingerprint density at radius 3 is 2.88 bits per heavy atom. The van der Waals surface area contributed by atoms with E-state index in [4.69, 9.17) is 5.73 Å². The number of hydrogen-bond acceptors (Lipinski definition) is 4. The largest absolute Gasteiger partial charge is 0.327 e. The summed E-state index contributed by atoms with van der Waals surface area (Å²) in [6, 6.07) is 0.223. The molecule has 0 spiro atoms. The molecule has 0 radical (unpaired) electrons. The van der Waals surface area contributed by atoms with Gasteiger partial charge in [0.05, 0.1) is 0 Å². The predicted octanol–water partition coefficient (Wildman–Crippen LogP) is 1.15. The van der Waals surface area contributed by atoms with Gasteiger partial charge in [-0.3, -0.25) is 5.01 Å². The van der Waals surface area contributed by atoms with Crippen molar-refractivity contribution in [3.05, 3.63) is 11.8 Å². The summed E-state index contributed by atoms with van der Waals surface area (Å²) in [6.45, 7) is 9.19. The molecule has 0 fully saturated rings. The SMILES string of the molecule is C/C(=C\C(C)CNCC(C)N)N1CCC=N1. The molecule has 0 bridgehead atoms. The van der Waals surface area contributed by atoms with Crippen molar-refractivity contribution in [3.63, 3.8) is 0 Å². The van der Waals surface area contributed by atoms with Crippen LogP contribution in [0.2, 0.25) is 0 Å². The summed E-state index contributed by atoms with van der Waals surface area (Å²) < 4.78 is 0. The average molecular weight is 224 g/mol. The Morgan fingerprint density at radius 1 is 1.56 bits per heavy atom. The minimum Gasteiger partial charge on any atom is -0.327 e. The lowest BCUT2D eigenvalue weighted by Crippen LogP contribution is -2.33. The molecular formula is C12H24N4. The molecule has 0 aromatic rings. The predicted molar refractivity (Wildman–Crippen MR) is 69.3 cm³/mol. The van der Waals surface area contributed by atoms with Crippen LogP contribution in [0.3, 0.4) is 0 Å². The molecule has 0 aromatic carbocycles. The fourth-order valence-corrected chi connectivity index (χ4v) is 1.76. The molecule has 3 N–H and O–H groups in total. The van der Waals surface area contributed by atoms with Gasteiger partial charge in [0.25, 0.3) is 0 Å². The summed E-state index contributed by atoms with van der Waals surface area (Å²) in [5, 5.41) is 9.71. The maximum absolute atomic E-state index is 5.67. The van der Waals surface area contributed by atoms with Crippen LogP contribution in [0, 0.1) is 5.92 Å². The zero-order valence-corrected chi connectivity index (χ0v) is 10.6. The van der Waals surface area contributed by atoms with Crippen molar-refractivity contribution < 1.29 is 0 Å². The molecule has 0 saturated carbocycles. The van der Waals surface area contributed by atoms with Crippen LogP contribution in [0.25, 0.3) is 0 Å². The van der Waals surface area contributed by atoms with E-state index in [1.54, 1.807) is 0 Å². The summed E-state index contributed by atoms with van der Waals surface area (Å²) >= 11 is 0.